The monoisotopic (exact) mass is 480 g/mol. The fourth-order valence-electron chi connectivity index (χ4n) is 4.44. The van der Waals surface area contributed by atoms with Crippen LogP contribution in [0.2, 0.25) is 0 Å². The molecule has 9 nitrogen and oxygen atoms in total. The van der Waals surface area contributed by atoms with Gasteiger partial charge in [-0.25, -0.2) is 9.18 Å². The summed E-state index contributed by atoms with van der Waals surface area (Å²) in [7, 11) is 0. The summed E-state index contributed by atoms with van der Waals surface area (Å²) in [6.45, 7) is 5.33. The third-order valence-corrected chi connectivity index (χ3v) is 5.90. The minimum Gasteiger partial charge on any atom is -0.444 e. The first kappa shape index (κ1) is 24.3. The molecule has 3 aromatic rings. The number of rotatable bonds is 5. The predicted octanol–water partition coefficient (Wildman–Crippen LogP) is 4.89. The molecule has 2 heterocycles. The highest BCUT2D eigenvalue weighted by Gasteiger charge is 2.30. The van der Waals surface area contributed by atoms with Gasteiger partial charge < -0.3 is 20.4 Å². The quantitative estimate of drug-likeness (QED) is 0.478. The van der Waals surface area contributed by atoms with E-state index < -0.39 is 17.5 Å². The Morgan fingerprint density at radius 2 is 2.09 bits per heavy atom. The van der Waals surface area contributed by atoms with Gasteiger partial charge in [0.25, 0.3) is 5.56 Å². The van der Waals surface area contributed by atoms with Crippen molar-refractivity contribution in [2.45, 2.75) is 64.6 Å². The van der Waals surface area contributed by atoms with Crippen LogP contribution in [0, 0.1) is 23.1 Å². The second-order valence-electron chi connectivity index (χ2n) is 9.78. The van der Waals surface area contributed by atoms with Gasteiger partial charge in [0.1, 0.15) is 16.8 Å². The second kappa shape index (κ2) is 9.78. The SMILES string of the molecule is CC(C)(C)OC(=O)NCc1cc(F)cc(Nc2nn([C@H]3CCCC[C@@H]3C#N)c3cc[nH]c(=O)c23)c1. The van der Waals surface area contributed by atoms with Crippen LogP contribution >= 0.6 is 0 Å². The molecule has 4 rings (SSSR count). The summed E-state index contributed by atoms with van der Waals surface area (Å²) in [5.74, 6) is -0.426. The van der Waals surface area contributed by atoms with E-state index in [0.29, 0.717) is 22.2 Å². The summed E-state index contributed by atoms with van der Waals surface area (Å²) < 4.78 is 21.4. The normalized spacial score (nSPS) is 18.1. The van der Waals surface area contributed by atoms with Crippen molar-refractivity contribution in [1.82, 2.24) is 20.1 Å². The molecule has 184 valence electrons. The number of nitriles is 1. The van der Waals surface area contributed by atoms with Crippen LogP contribution < -0.4 is 16.2 Å². The van der Waals surface area contributed by atoms with Crippen LogP contribution in [0.1, 0.15) is 58.1 Å². The van der Waals surface area contributed by atoms with E-state index in [4.69, 9.17) is 4.74 Å². The highest BCUT2D eigenvalue weighted by Crippen LogP contribution is 2.36. The molecule has 1 fully saturated rings. The zero-order valence-electron chi connectivity index (χ0n) is 20.0. The van der Waals surface area contributed by atoms with E-state index in [9.17, 15) is 19.2 Å². The molecule has 0 radical (unpaired) electrons. The summed E-state index contributed by atoms with van der Waals surface area (Å²) in [4.78, 5) is 27.3. The number of fused-ring (bicyclic) bond motifs is 1. The van der Waals surface area contributed by atoms with Crippen LogP contribution in [-0.4, -0.2) is 26.5 Å². The molecule has 2 atom stereocenters. The molecule has 1 amide bonds. The van der Waals surface area contributed by atoms with Gasteiger partial charge >= 0.3 is 6.09 Å². The molecule has 0 bridgehead atoms. The molecular formula is C25H29FN6O3. The van der Waals surface area contributed by atoms with Gasteiger partial charge in [-0.3, -0.25) is 9.48 Å². The lowest BCUT2D eigenvalue weighted by atomic mass is 9.85. The maximum Gasteiger partial charge on any atom is 0.407 e. The molecule has 1 aliphatic rings. The van der Waals surface area contributed by atoms with Crippen LogP contribution in [0.3, 0.4) is 0 Å². The molecule has 0 saturated heterocycles. The third-order valence-electron chi connectivity index (χ3n) is 5.90. The minimum absolute atomic E-state index is 0.0586. The Labute approximate surface area is 202 Å². The van der Waals surface area contributed by atoms with Crippen LogP contribution in [0.15, 0.2) is 35.3 Å². The smallest absolute Gasteiger partial charge is 0.407 e. The zero-order valence-corrected chi connectivity index (χ0v) is 20.0. The maximum atomic E-state index is 14.4. The van der Waals surface area contributed by atoms with Crippen LogP contribution in [0.4, 0.5) is 20.7 Å². The third kappa shape index (κ3) is 5.62. The number of halogens is 1. The Balaban J connectivity index is 1.63. The highest BCUT2D eigenvalue weighted by atomic mass is 19.1. The number of nitrogens with zero attached hydrogens (tertiary/aromatic N) is 3. The zero-order chi connectivity index (χ0) is 25.2. The van der Waals surface area contributed by atoms with Crippen molar-refractivity contribution in [1.29, 1.82) is 5.26 Å². The predicted molar refractivity (Wildman–Crippen MR) is 130 cm³/mol. The average molecular weight is 481 g/mol. The van der Waals surface area contributed by atoms with Crippen molar-refractivity contribution in [2.75, 3.05) is 5.32 Å². The number of pyridine rings is 1. The number of nitrogens with one attached hydrogen (secondary N) is 3. The van der Waals surface area contributed by atoms with E-state index in [1.165, 1.54) is 12.1 Å². The van der Waals surface area contributed by atoms with Gasteiger partial charge in [0, 0.05) is 18.4 Å². The molecule has 10 heteroatoms. The Hall–Kier alpha value is -3.87. The number of benzene rings is 1. The maximum absolute atomic E-state index is 14.4. The van der Waals surface area contributed by atoms with Crippen molar-refractivity contribution < 1.29 is 13.9 Å². The molecule has 0 spiro atoms. The minimum atomic E-state index is -0.644. The van der Waals surface area contributed by atoms with Crippen LogP contribution in [0.5, 0.6) is 0 Å². The van der Waals surface area contributed by atoms with Gasteiger partial charge in [0.05, 0.1) is 23.5 Å². The molecule has 2 aromatic heterocycles. The van der Waals surface area contributed by atoms with Crippen molar-refractivity contribution in [2.24, 2.45) is 5.92 Å². The Bertz CT molecular complexity index is 1330. The Kier molecular flexibility index (Phi) is 6.78. The van der Waals surface area contributed by atoms with E-state index in [1.54, 1.807) is 43.8 Å². The number of carbonyl (C=O) groups excluding carboxylic acids is 1. The number of ether oxygens (including phenoxy) is 1. The number of aromatic amines is 1. The second-order valence-corrected chi connectivity index (χ2v) is 9.78. The molecule has 35 heavy (non-hydrogen) atoms. The summed E-state index contributed by atoms with van der Waals surface area (Å²) in [5.41, 5.74) is 0.527. The number of amides is 1. The van der Waals surface area contributed by atoms with E-state index in [-0.39, 0.29) is 29.9 Å². The van der Waals surface area contributed by atoms with Crippen molar-refractivity contribution in [3.05, 3.63) is 52.2 Å². The van der Waals surface area contributed by atoms with Gasteiger partial charge in [-0.1, -0.05) is 12.8 Å². The lowest BCUT2D eigenvalue weighted by Crippen LogP contribution is -2.32. The first-order valence-electron chi connectivity index (χ1n) is 11.7. The highest BCUT2D eigenvalue weighted by molar-refractivity contribution is 5.91. The van der Waals surface area contributed by atoms with Gasteiger partial charge in [-0.15, -0.1) is 0 Å². The standard InChI is InChI=1S/C25H29FN6O3/c1-25(2,3)35-24(34)29-14-15-10-17(26)12-18(11-15)30-22-21-20(8-9-28-23(21)33)32(31-22)19-7-5-4-6-16(19)13-27/h8-12,16,19H,4-7,14H2,1-3H3,(H,28,33)(H,29,34)(H,30,31)/t16-,19+/m1/s1. The lowest BCUT2D eigenvalue weighted by molar-refractivity contribution is 0.0523. The topological polar surface area (TPSA) is 125 Å². The summed E-state index contributed by atoms with van der Waals surface area (Å²) in [6.07, 6.45) is 4.50. The fourth-order valence-corrected chi connectivity index (χ4v) is 4.44. The summed E-state index contributed by atoms with van der Waals surface area (Å²) >= 11 is 0. The van der Waals surface area contributed by atoms with E-state index in [0.717, 1.165) is 25.7 Å². The molecule has 1 saturated carbocycles. The number of alkyl carbamates (subject to hydrolysis) is 1. The summed E-state index contributed by atoms with van der Waals surface area (Å²) in [6, 6.07) is 8.27. The molecule has 3 N–H and O–H groups in total. The van der Waals surface area contributed by atoms with E-state index >= 15 is 0 Å². The Morgan fingerprint density at radius 3 is 2.83 bits per heavy atom. The van der Waals surface area contributed by atoms with Gasteiger partial charge in [-0.2, -0.15) is 10.4 Å². The molecule has 1 aromatic carbocycles. The van der Waals surface area contributed by atoms with Gasteiger partial charge in [0.2, 0.25) is 0 Å². The molecular weight excluding hydrogens is 451 g/mol. The van der Waals surface area contributed by atoms with E-state index in [1.807, 2.05) is 0 Å². The number of H-pyrrole nitrogens is 1. The van der Waals surface area contributed by atoms with Crippen LogP contribution in [-0.2, 0) is 11.3 Å². The number of aromatic nitrogens is 3. The lowest BCUT2D eigenvalue weighted by Gasteiger charge is -2.27. The van der Waals surface area contributed by atoms with Crippen molar-refractivity contribution >= 4 is 28.5 Å². The molecule has 0 aliphatic heterocycles. The van der Waals surface area contributed by atoms with Gasteiger partial charge in [-0.05, 0) is 63.4 Å². The number of carbonyl (C=O) groups is 1. The van der Waals surface area contributed by atoms with Crippen LogP contribution in [0.25, 0.3) is 10.9 Å². The Morgan fingerprint density at radius 1 is 1.31 bits per heavy atom. The van der Waals surface area contributed by atoms with Crippen molar-refractivity contribution in [3.63, 3.8) is 0 Å². The summed E-state index contributed by atoms with van der Waals surface area (Å²) in [5, 5.41) is 20.3. The first-order valence-corrected chi connectivity index (χ1v) is 11.7. The molecule has 0 unspecified atom stereocenters. The fraction of sp³-hybridized carbons (Fsp3) is 0.440. The number of hydrogen-bond donors (Lipinski definition) is 3. The number of hydrogen-bond acceptors (Lipinski definition) is 6. The van der Waals surface area contributed by atoms with Crippen molar-refractivity contribution in [3.8, 4) is 6.07 Å². The molecule has 1 aliphatic carbocycles. The average Bonchev–Trinajstić information content (AvgIpc) is 3.15. The van der Waals surface area contributed by atoms with Gasteiger partial charge in [0.15, 0.2) is 5.82 Å². The first-order chi connectivity index (χ1) is 16.6. The van der Waals surface area contributed by atoms with E-state index in [2.05, 4.69) is 26.8 Å². The number of anilines is 2. The largest absolute Gasteiger partial charge is 0.444 e.